The van der Waals surface area contributed by atoms with Gasteiger partial charge in [0.1, 0.15) is 29.1 Å². The fraction of sp³-hybridized carbons (Fsp3) is 0.250. The van der Waals surface area contributed by atoms with Crippen LogP contribution in [0, 0.1) is 5.82 Å². The lowest BCUT2D eigenvalue weighted by Gasteiger charge is -2.29. The molecule has 0 bridgehead atoms. The fourth-order valence-electron chi connectivity index (χ4n) is 5.38. The summed E-state index contributed by atoms with van der Waals surface area (Å²) in [5.41, 5.74) is 1.35. The zero-order valence-corrected chi connectivity index (χ0v) is 25.5. The Kier molecular flexibility index (Phi) is 8.33. The van der Waals surface area contributed by atoms with Crippen LogP contribution in [0.1, 0.15) is 28.9 Å². The van der Waals surface area contributed by atoms with Crippen LogP contribution in [0.25, 0.3) is 11.5 Å². The number of nitrogens with one attached hydrogen (secondary N) is 2. The van der Waals surface area contributed by atoms with Crippen molar-refractivity contribution < 1.29 is 18.7 Å². The van der Waals surface area contributed by atoms with E-state index in [0.29, 0.717) is 30.8 Å². The van der Waals surface area contributed by atoms with Crippen LogP contribution >= 0.6 is 0 Å². The van der Waals surface area contributed by atoms with Gasteiger partial charge in [-0.2, -0.15) is 0 Å². The van der Waals surface area contributed by atoms with Crippen molar-refractivity contribution in [1.82, 2.24) is 34.4 Å². The molecule has 2 amide bonds. The largest absolute Gasteiger partial charge is 0.497 e. The number of likely N-dealkylation sites (tertiary alicyclic amines) is 1. The minimum Gasteiger partial charge on any atom is -0.497 e. The van der Waals surface area contributed by atoms with E-state index in [1.165, 1.54) is 16.9 Å². The summed E-state index contributed by atoms with van der Waals surface area (Å²) in [4.78, 5) is 51.8. The summed E-state index contributed by atoms with van der Waals surface area (Å²) in [6, 6.07) is 14.6. The number of fused-ring (bicyclic) bond motifs is 1. The van der Waals surface area contributed by atoms with Crippen molar-refractivity contribution in [3.8, 4) is 11.6 Å². The molecule has 46 heavy (non-hydrogen) atoms. The molecule has 2 N–H and O–H groups in total. The second-order valence-corrected chi connectivity index (χ2v) is 11.0. The molecule has 1 fully saturated rings. The maximum absolute atomic E-state index is 14.8. The van der Waals surface area contributed by atoms with Gasteiger partial charge in [0.05, 0.1) is 19.0 Å². The molecule has 5 heterocycles. The number of benzene rings is 1. The molecule has 1 saturated heterocycles. The summed E-state index contributed by atoms with van der Waals surface area (Å²) in [6.45, 7) is 1.08. The number of imidazole rings is 1. The number of halogens is 1. The van der Waals surface area contributed by atoms with Crippen LogP contribution in [0.4, 0.5) is 21.6 Å². The van der Waals surface area contributed by atoms with Crippen LogP contribution in [-0.4, -0.2) is 74.7 Å². The first-order valence-corrected chi connectivity index (χ1v) is 14.6. The molecule has 6 rings (SSSR count). The first-order chi connectivity index (χ1) is 22.2. The molecule has 0 unspecified atom stereocenters. The minimum absolute atomic E-state index is 0.0870. The maximum atomic E-state index is 14.8. The van der Waals surface area contributed by atoms with Crippen LogP contribution in [0.15, 0.2) is 78.0 Å². The molecule has 1 aromatic carbocycles. The van der Waals surface area contributed by atoms with Crippen molar-refractivity contribution in [1.29, 1.82) is 0 Å². The van der Waals surface area contributed by atoms with Crippen LogP contribution in [0.5, 0.6) is 5.75 Å². The molecular formula is C32H32FN9O4. The van der Waals surface area contributed by atoms with Gasteiger partial charge in [-0.1, -0.05) is 18.2 Å². The van der Waals surface area contributed by atoms with E-state index in [2.05, 4.69) is 25.7 Å². The first-order valence-electron chi connectivity index (χ1n) is 14.6. The number of anilines is 3. The summed E-state index contributed by atoms with van der Waals surface area (Å²) < 4.78 is 22.5. The average Bonchev–Trinajstić information content (AvgIpc) is 3.49. The third-order valence-corrected chi connectivity index (χ3v) is 7.78. The molecule has 0 radical (unpaired) electrons. The van der Waals surface area contributed by atoms with Crippen LogP contribution in [-0.2, 0) is 11.3 Å². The Balaban J connectivity index is 1.40. The van der Waals surface area contributed by atoms with E-state index in [0.717, 1.165) is 34.6 Å². The van der Waals surface area contributed by atoms with Crippen molar-refractivity contribution in [2.24, 2.45) is 0 Å². The molecule has 5 aromatic rings. The number of likely N-dealkylation sites (N-methyl/N-ethyl adjacent to an activating group) is 1. The third kappa shape index (κ3) is 6.09. The van der Waals surface area contributed by atoms with Crippen LogP contribution in [0.3, 0.4) is 0 Å². The van der Waals surface area contributed by atoms with Crippen molar-refractivity contribution in [2.45, 2.75) is 25.4 Å². The molecule has 4 aromatic heterocycles. The number of amides is 2. The van der Waals surface area contributed by atoms with E-state index < -0.39 is 23.3 Å². The standard InChI is InChI=1S/C32H32FN9O4/c1-39-14-6-7-23(31(39)44)37-30(43)26-17-35-29-25(40(2)18-20-9-11-22(46-3)12-10-20)16-27(38-42(26)29)36-24-15-21(33)19-41(32(24)45)28-8-4-5-13-34-28/h4-5,8-13,15-17,19,23H,6-7,14,18H2,1-3H3,(H,36,38)(H,37,43)/t23-/m1/s1. The maximum Gasteiger partial charge on any atom is 0.280 e. The number of aromatic nitrogens is 5. The van der Waals surface area contributed by atoms with Gasteiger partial charge in [0.15, 0.2) is 17.2 Å². The van der Waals surface area contributed by atoms with E-state index in [9.17, 15) is 18.8 Å². The molecule has 14 heteroatoms. The summed E-state index contributed by atoms with van der Waals surface area (Å²) >= 11 is 0. The van der Waals surface area contributed by atoms with Crippen molar-refractivity contribution in [2.75, 3.05) is 38.0 Å². The SMILES string of the molecule is COc1ccc(CN(C)c2cc(Nc3cc(F)cn(-c4ccccn4)c3=O)nn3c(C(=O)N[C@@H]4CCCN(C)C4=O)cnc23)cc1. The van der Waals surface area contributed by atoms with Crippen LogP contribution in [0.2, 0.25) is 0 Å². The Bertz CT molecular complexity index is 1960. The molecular weight excluding hydrogens is 593 g/mol. The highest BCUT2D eigenvalue weighted by molar-refractivity contribution is 5.97. The molecule has 0 saturated carbocycles. The zero-order chi connectivity index (χ0) is 32.4. The van der Waals surface area contributed by atoms with E-state index in [1.807, 2.05) is 36.2 Å². The number of carbonyl (C=O) groups excluding carboxylic acids is 2. The third-order valence-electron chi connectivity index (χ3n) is 7.78. The predicted octanol–water partition coefficient (Wildman–Crippen LogP) is 3.15. The van der Waals surface area contributed by atoms with Gasteiger partial charge in [-0.3, -0.25) is 19.0 Å². The van der Waals surface area contributed by atoms with Gasteiger partial charge in [0.2, 0.25) is 5.91 Å². The summed E-state index contributed by atoms with van der Waals surface area (Å²) in [7, 11) is 5.15. The topological polar surface area (TPSA) is 139 Å². The van der Waals surface area contributed by atoms with Gasteiger partial charge >= 0.3 is 0 Å². The number of hydrogen-bond acceptors (Lipinski definition) is 9. The number of nitrogens with zero attached hydrogens (tertiary/aromatic N) is 7. The Morgan fingerprint density at radius 2 is 1.93 bits per heavy atom. The Hall–Kier alpha value is -5.79. The van der Waals surface area contributed by atoms with Gasteiger partial charge in [-0.05, 0) is 42.7 Å². The molecule has 0 aliphatic carbocycles. The van der Waals surface area contributed by atoms with Gasteiger partial charge in [0, 0.05) is 51.7 Å². The summed E-state index contributed by atoms with van der Waals surface area (Å²) in [5, 5.41) is 10.3. The van der Waals surface area contributed by atoms with Gasteiger partial charge in [-0.15, -0.1) is 5.10 Å². The normalized spacial score (nSPS) is 14.7. The van der Waals surface area contributed by atoms with E-state index in [1.54, 1.807) is 43.3 Å². The van der Waals surface area contributed by atoms with Crippen molar-refractivity contribution in [3.63, 3.8) is 0 Å². The number of carbonyl (C=O) groups is 2. The summed E-state index contributed by atoms with van der Waals surface area (Å²) in [5.74, 6) is -0.246. The number of hydrogen-bond donors (Lipinski definition) is 2. The van der Waals surface area contributed by atoms with E-state index >= 15 is 0 Å². The molecule has 13 nitrogen and oxygen atoms in total. The molecule has 236 valence electrons. The van der Waals surface area contributed by atoms with Gasteiger partial charge in [0.25, 0.3) is 11.5 Å². The fourth-order valence-corrected chi connectivity index (χ4v) is 5.38. The van der Waals surface area contributed by atoms with Crippen LogP contribution < -0.4 is 25.8 Å². The lowest BCUT2D eigenvalue weighted by molar-refractivity contribution is -0.134. The zero-order valence-electron chi connectivity index (χ0n) is 25.5. The predicted molar refractivity (Wildman–Crippen MR) is 169 cm³/mol. The highest BCUT2D eigenvalue weighted by atomic mass is 19.1. The molecule has 1 atom stereocenters. The minimum atomic E-state index is -0.673. The lowest BCUT2D eigenvalue weighted by atomic mass is 10.1. The number of pyridine rings is 2. The Morgan fingerprint density at radius 3 is 2.67 bits per heavy atom. The van der Waals surface area contributed by atoms with Crippen molar-refractivity contribution in [3.05, 3.63) is 101 Å². The second kappa shape index (κ2) is 12.7. The quantitative estimate of drug-likeness (QED) is 0.253. The summed E-state index contributed by atoms with van der Waals surface area (Å²) in [6.07, 6.45) is 5.23. The molecule has 1 aliphatic rings. The number of piperidine rings is 1. The number of rotatable bonds is 9. The van der Waals surface area contributed by atoms with Gasteiger partial charge in [-0.25, -0.2) is 18.9 Å². The Morgan fingerprint density at radius 1 is 1.13 bits per heavy atom. The van der Waals surface area contributed by atoms with E-state index in [-0.39, 0.29) is 28.9 Å². The van der Waals surface area contributed by atoms with Gasteiger partial charge < -0.3 is 25.2 Å². The van der Waals surface area contributed by atoms with E-state index in [4.69, 9.17) is 4.74 Å². The molecule has 0 spiro atoms. The highest BCUT2D eigenvalue weighted by Gasteiger charge is 2.29. The smallest absolute Gasteiger partial charge is 0.280 e. The first kappa shape index (κ1) is 30.2. The lowest BCUT2D eigenvalue weighted by Crippen LogP contribution is -2.51. The molecule has 1 aliphatic heterocycles. The second-order valence-electron chi connectivity index (χ2n) is 11.0. The van der Waals surface area contributed by atoms with Crippen molar-refractivity contribution >= 4 is 34.7 Å². The monoisotopic (exact) mass is 625 g/mol. The number of methoxy groups -OCH3 is 1. The highest BCUT2D eigenvalue weighted by Crippen LogP contribution is 2.27. The average molecular weight is 626 g/mol. The Labute approximate surface area is 263 Å². The number of ether oxygens (including phenoxy) is 1.